The highest BCUT2D eigenvalue weighted by molar-refractivity contribution is 6.33. The lowest BCUT2D eigenvalue weighted by Crippen LogP contribution is -2.48. The Bertz CT molecular complexity index is 1400. The minimum Gasteiger partial charge on any atom is -0.465 e. The third-order valence-electron chi connectivity index (χ3n) is 8.00. The molecule has 218 valence electrons. The predicted octanol–water partition coefficient (Wildman–Crippen LogP) is 5.96. The van der Waals surface area contributed by atoms with Crippen LogP contribution >= 0.6 is 11.6 Å². The van der Waals surface area contributed by atoms with Gasteiger partial charge in [-0.3, -0.25) is 4.79 Å². The van der Waals surface area contributed by atoms with E-state index in [-0.39, 0.29) is 31.6 Å². The normalized spacial score (nSPS) is 16.7. The number of rotatable bonds is 10. The van der Waals surface area contributed by atoms with Gasteiger partial charge in [0.25, 0.3) is 5.91 Å². The van der Waals surface area contributed by atoms with E-state index in [1.165, 1.54) is 12.1 Å². The molecule has 4 rings (SSSR count). The van der Waals surface area contributed by atoms with Crippen LogP contribution in [-0.2, 0) is 18.6 Å². The number of hydrogen-bond donors (Lipinski definition) is 4. The van der Waals surface area contributed by atoms with Gasteiger partial charge in [0.05, 0.1) is 11.2 Å². The van der Waals surface area contributed by atoms with E-state index in [4.69, 9.17) is 22.4 Å². The van der Waals surface area contributed by atoms with Crippen LogP contribution < -0.4 is 11.1 Å². The summed E-state index contributed by atoms with van der Waals surface area (Å²) in [6.45, 7) is 3.04. The van der Waals surface area contributed by atoms with Crippen molar-refractivity contribution in [1.29, 1.82) is 0 Å². The smallest absolute Gasteiger partial charge is 0.404 e. The third-order valence-corrected chi connectivity index (χ3v) is 8.31. The molecule has 41 heavy (non-hydrogen) atoms. The highest BCUT2D eigenvalue weighted by atomic mass is 35.5. The van der Waals surface area contributed by atoms with Crippen LogP contribution in [0.2, 0.25) is 5.02 Å². The van der Waals surface area contributed by atoms with Gasteiger partial charge in [0.1, 0.15) is 5.82 Å². The molecule has 5 N–H and O–H groups in total. The van der Waals surface area contributed by atoms with Crippen molar-refractivity contribution in [3.8, 4) is 11.1 Å². The van der Waals surface area contributed by atoms with Crippen molar-refractivity contribution in [3.63, 3.8) is 0 Å². The van der Waals surface area contributed by atoms with Crippen molar-refractivity contribution in [2.45, 2.75) is 51.2 Å². The number of amides is 2. The second-order valence-corrected chi connectivity index (χ2v) is 11.0. The first-order chi connectivity index (χ1) is 19.7. The lowest BCUT2D eigenvalue weighted by Gasteiger charge is -2.44. The number of likely N-dealkylation sites (tertiary alicyclic amines) is 1. The van der Waals surface area contributed by atoms with Crippen molar-refractivity contribution < 1.29 is 24.2 Å². The Morgan fingerprint density at radius 1 is 1.15 bits per heavy atom. The van der Waals surface area contributed by atoms with E-state index in [0.29, 0.717) is 47.5 Å². The molecule has 1 saturated heterocycles. The number of hydrogen-bond acceptors (Lipinski definition) is 4. The molecule has 3 aromatic carbocycles. The Morgan fingerprint density at radius 3 is 2.63 bits per heavy atom. The van der Waals surface area contributed by atoms with Crippen LogP contribution in [0.25, 0.3) is 11.1 Å². The van der Waals surface area contributed by atoms with Crippen LogP contribution in [-0.4, -0.2) is 46.7 Å². The fourth-order valence-electron chi connectivity index (χ4n) is 5.82. The fraction of sp³-hybridized carbons (Fsp3) is 0.375. The maximum absolute atomic E-state index is 14.8. The van der Waals surface area contributed by atoms with Gasteiger partial charge < -0.3 is 26.2 Å². The van der Waals surface area contributed by atoms with Crippen molar-refractivity contribution >= 4 is 23.6 Å². The summed E-state index contributed by atoms with van der Waals surface area (Å²) in [6.07, 6.45) is 1.55. The highest BCUT2D eigenvalue weighted by Gasteiger charge is 2.43. The Labute approximate surface area is 245 Å². The fourth-order valence-corrected chi connectivity index (χ4v) is 6.10. The zero-order chi connectivity index (χ0) is 29.6. The van der Waals surface area contributed by atoms with E-state index in [0.717, 1.165) is 17.5 Å². The summed E-state index contributed by atoms with van der Waals surface area (Å²) >= 11 is 6.79. The first-order valence-electron chi connectivity index (χ1n) is 14.0. The Kier molecular flexibility index (Phi) is 10.0. The molecule has 0 aromatic heterocycles. The minimum atomic E-state index is -1.44. The third kappa shape index (κ3) is 6.89. The van der Waals surface area contributed by atoms with Gasteiger partial charge in [0.15, 0.2) is 0 Å². The molecule has 2 amide bonds. The summed E-state index contributed by atoms with van der Waals surface area (Å²) in [7, 11) is 0. The maximum atomic E-state index is 14.8. The molecule has 2 unspecified atom stereocenters. The maximum Gasteiger partial charge on any atom is 0.404 e. The molecular weight excluding hydrogens is 545 g/mol. The van der Waals surface area contributed by atoms with Gasteiger partial charge in [-0.15, -0.1) is 0 Å². The van der Waals surface area contributed by atoms with Gasteiger partial charge in [0.2, 0.25) is 0 Å². The molecule has 0 aliphatic carbocycles. The molecule has 2 atom stereocenters. The van der Waals surface area contributed by atoms with Crippen LogP contribution in [0.15, 0.2) is 60.7 Å². The summed E-state index contributed by atoms with van der Waals surface area (Å²) in [5.41, 5.74) is 8.09. The second-order valence-electron chi connectivity index (χ2n) is 10.6. The van der Waals surface area contributed by atoms with Crippen LogP contribution in [0.5, 0.6) is 0 Å². The lowest BCUT2D eigenvalue weighted by atomic mass is 9.72. The Balaban J connectivity index is 1.73. The second kappa shape index (κ2) is 13.5. The molecule has 1 aliphatic rings. The van der Waals surface area contributed by atoms with Crippen LogP contribution in [0.4, 0.5) is 9.18 Å². The topological polar surface area (TPSA) is 116 Å². The number of aliphatic hydroxyl groups is 1. The molecule has 3 aromatic rings. The van der Waals surface area contributed by atoms with E-state index < -0.39 is 29.3 Å². The van der Waals surface area contributed by atoms with Gasteiger partial charge >= 0.3 is 6.09 Å². The molecule has 1 aliphatic heterocycles. The van der Waals surface area contributed by atoms with Crippen molar-refractivity contribution in [3.05, 3.63) is 93.8 Å². The van der Waals surface area contributed by atoms with Gasteiger partial charge in [0, 0.05) is 42.7 Å². The molecule has 7 nitrogen and oxygen atoms in total. The average Bonchev–Trinajstić information content (AvgIpc) is 2.98. The summed E-state index contributed by atoms with van der Waals surface area (Å²) in [6, 6.07) is 17.8. The van der Waals surface area contributed by atoms with Crippen LogP contribution in [0.3, 0.4) is 0 Å². The van der Waals surface area contributed by atoms with Gasteiger partial charge in [-0.1, -0.05) is 61.0 Å². The zero-order valence-corrected chi connectivity index (χ0v) is 24.0. The number of aryl methyl sites for hydroxylation is 1. The number of carbonyl (C=O) groups is 2. The van der Waals surface area contributed by atoms with Crippen LogP contribution in [0, 0.1) is 11.7 Å². The van der Waals surface area contributed by atoms with Crippen molar-refractivity contribution in [1.82, 2.24) is 10.2 Å². The minimum absolute atomic E-state index is 0.0307. The summed E-state index contributed by atoms with van der Waals surface area (Å²) in [5.74, 6) is -1.46. The summed E-state index contributed by atoms with van der Waals surface area (Å²) in [5, 5.41) is 24.5. The van der Waals surface area contributed by atoms with Crippen LogP contribution in [0.1, 0.15) is 59.7 Å². The van der Waals surface area contributed by atoms with Crippen molar-refractivity contribution in [2.24, 2.45) is 11.7 Å². The number of carbonyl (C=O) groups excluding carboxylic acids is 1. The first-order valence-corrected chi connectivity index (χ1v) is 14.4. The van der Waals surface area contributed by atoms with E-state index in [1.54, 1.807) is 23.1 Å². The van der Waals surface area contributed by atoms with E-state index in [2.05, 4.69) is 18.3 Å². The zero-order valence-electron chi connectivity index (χ0n) is 23.2. The monoisotopic (exact) mass is 581 g/mol. The molecule has 9 heteroatoms. The van der Waals surface area contributed by atoms with Crippen molar-refractivity contribution in [2.75, 3.05) is 19.6 Å². The van der Waals surface area contributed by atoms with E-state index in [9.17, 15) is 19.1 Å². The number of benzene rings is 3. The Morgan fingerprint density at radius 2 is 1.93 bits per heavy atom. The summed E-state index contributed by atoms with van der Waals surface area (Å²) < 4.78 is 14.8. The van der Waals surface area contributed by atoms with Gasteiger partial charge in [-0.05, 0) is 72.6 Å². The Hall–Kier alpha value is -3.46. The molecule has 0 radical (unpaired) electrons. The summed E-state index contributed by atoms with van der Waals surface area (Å²) in [4.78, 5) is 26.1. The molecule has 1 fully saturated rings. The average molecular weight is 582 g/mol. The quantitative estimate of drug-likeness (QED) is 0.221. The standard InChI is InChI=1S/C32H37ClFN3O4/c1-2-21-7-3-8-23(17-21)29-26(10-4-11-27(29)33)32(41,14-6-15-36-31(39)40)24-9-5-16-37(20-24)30(38)25-13-12-22(19-35)18-28(25)34/h3-4,7-8,10-13,17-18,24,36,41H,2,5-6,9,14-16,19-20,35H2,1H3,(H,39,40). The number of carboxylic acid groups (broad SMARTS) is 1. The number of halogens is 2. The highest BCUT2D eigenvalue weighted by Crippen LogP contribution is 2.45. The molecule has 0 bridgehead atoms. The number of nitrogens with zero attached hydrogens (tertiary/aromatic N) is 1. The molecule has 0 spiro atoms. The largest absolute Gasteiger partial charge is 0.465 e. The number of nitrogens with two attached hydrogens (primary N) is 1. The molecule has 0 saturated carbocycles. The first kappa shape index (κ1) is 30.5. The number of piperidine rings is 1. The molecular formula is C32H37ClFN3O4. The van der Waals surface area contributed by atoms with E-state index >= 15 is 0 Å². The number of nitrogens with one attached hydrogen (secondary N) is 1. The SMILES string of the molecule is CCc1cccc(-c2c(Cl)cccc2C(O)(CCCNC(=O)O)C2CCCN(C(=O)c3ccc(CN)cc3F)C2)c1. The molecule has 1 heterocycles. The lowest BCUT2D eigenvalue weighted by molar-refractivity contribution is -0.0563. The van der Waals surface area contributed by atoms with Gasteiger partial charge in [-0.25, -0.2) is 9.18 Å². The predicted molar refractivity (Wildman–Crippen MR) is 158 cm³/mol. The van der Waals surface area contributed by atoms with E-state index in [1.807, 2.05) is 24.3 Å². The van der Waals surface area contributed by atoms with Gasteiger partial charge in [-0.2, -0.15) is 0 Å².